The number of benzene rings is 3. The number of esters is 1. The van der Waals surface area contributed by atoms with Gasteiger partial charge in [0.2, 0.25) is 5.91 Å². The van der Waals surface area contributed by atoms with Crippen molar-refractivity contribution in [2.75, 3.05) is 23.0 Å². The Hall–Kier alpha value is -4.15. The normalized spacial score (nSPS) is 14.4. The molecular weight excluding hydrogens is 609 g/mol. The van der Waals surface area contributed by atoms with Gasteiger partial charge in [0.15, 0.2) is 0 Å². The second kappa shape index (κ2) is 13.5. The number of carbonyl (C=O) groups excluding carboxylic acids is 3. The van der Waals surface area contributed by atoms with Gasteiger partial charge >= 0.3 is 11.9 Å². The molecule has 1 aliphatic rings. The summed E-state index contributed by atoms with van der Waals surface area (Å²) in [7, 11) is 0. The highest BCUT2D eigenvalue weighted by molar-refractivity contribution is 8.00. The number of hydrogen-bond acceptors (Lipinski definition) is 7. The minimum Gasteiger partial charge on any atom is -0.478 e. The van der Waals surface area contributed by atoms with Crippen molar-refractivity contribution in [2.24, 2.45) is 11.3 Å². The van der Waals surface area contributed by atoms with E-state index >= 15 is 0 Å². The maximum Gasteiger partial charge on any atom is 0.341 e. The van der Waals surface area contributed by atoms with E-state index in [-0.39, 0.29) is 34.8 Å². The van der Waals surface area contributed by atoms with E-state index in [2.05, 4.69) is 31.4 Å². The van der Waals surface area contributed by atoms with E-state index in [1.165, 1.54) is 29.2 Å². The van der Waals surface area contributed by atoms with E-state index in [9.17, 15) is 24.3 Å². The smallest absolute Gasteiger partial charge is 0.341 e. The monoisotopic (exact) mass is 644 g/mol. The molecule has 0 spiro atoms. The van der Waals surface area contributed by atoms with Crippen molar-refractivity contribution in [1.82, 2.24) is 0 Å². The lowest BCUT2D eigenvalue weighted by molar-refractivity contribution is -0.113. The summed E-state index contributed by atoms with van der Waals surface area (Å²) < 4.78 is 5.36. The molecule has 0 radical (unpaired) electrons. The lowest BCUT2D eigenvalue weighted by Gasteiger charge is -2.33. The molecule has 1 heterocycles. The highest BCUT2D eigenvalue weighted by Crippen LogP contribution is 2.44. The molecule has 234 valence electrons. The molecule has 3 N–H and O–H groups in total. The lowest BCUT2D eigenvalue weighted by atomic mass is 9.72. The third-order valence-corrected chi connectivity index (χ3v) is 10.2. The Morgan fingerprint density at radius 1 is 1.00 bits per heavy atom. The van der Waals surface area contributed by atoms with Gasteiger partial charge in [-0.3, -0.25) is 9.59 Å². The van der Waals surface area contributed by atoms with Crippen LogP contribution < -0.4 is 10.6 Å². The van der Waals surface area contributed by atoms with Gasteiger partial charge in [-0.25, -0.2) is 9.59 Å². The topological polar surface area (TPSA) is 122 Å². The van der Waals surface area contributed by atoms with Gasteiger partial charge in [-0.2, -0.15) is 0 Å². The average Bonchev–Trinajstić information content (AvgIpc) is 3.36. The summed E-state index contributed by atoms with van der Waals surface area (Å²) in [6, 6.07) is 17.1. The zero-order valence-corrected chi connectivity index (χ0v) is 27.3. The lowest BCUT2D eigenvalue weighted by Crippen LogP contribution is -2.26. The van der Waals surface area contributed by atoms with Crippen LogP contribution >= 0.6 is 23.1 Å². The Labute approximate surface area is 270 Å². The molecule has 0 aliphatic heterocycles. The number of fused-ring (bicyclic) bond motifs is 2. The molecule has 10 heteroatoms. The van der Waals surface area contributed by atoms with Crippen molar-refractivity contribution in [2.45, 2.75) is 51.9 Å². The van der Waals surface area contributed by atoms with Gasteiger partial charge in [0, 0.05) is 26.4 Å². The first-order valence-electron chi connectivity index (χ1n) is 14.9. The summed E-state index contributed by atoms with van der Waals surface area (Å²) in [6.45, 7) is 8.74. The maximum absolute atomic E-state index is 13.3. The molecule has 0 fully saturated rings. The van der Waals surface area contributed by atoms with Crippen molar-refractivity contribution in [3.8, 4) is 0 Å². The van der Waals surface area contributed by atoms with Crippen LogP contribution in [0.1, 0.15) is 75.6 Å². The number of hydrogen-bond donors (Lipinski definition) is 3. The van der Waals surface area contributed by atoms with Crippen LogP contribution in [0, 0.1) is 11.3 Å². The number of rotatable bonds is 9. The number of anilines is 2. The molecule has 1 atom stereocenters. The number of nitrogens with one attached hydrogen (secondary N) is 2. The van der Waals surface area contributed by atoms with Gasteiger partial charge in [0.05, 0.1) is 23.5 Å². The van der Waals surface area contributed by atoms with E-state index in [0.29, 0.717) is 32.9 Å². The molecule has 0 bridgehead atoms. The molecule has 5 rings (SSSR count). The Bertz CT molecular complexity index is 1780. The summed E-state index contributed by atoms with van der Waals surface area (Å²) in [5, 5.41) is 17.1. The van der Waals surface area contributed by atoms with E-state index in [4.69, 9.17) is 4.74 Å². The number of amides is 2. The molecule has 45 heavy (non-hydrogen) atoms. The number of thioether (sulfide) groups is 1. The first-order chi connectivity index (χ1) is 21.5. The molecule has 4 aromatic rings. The van der Waals surface area contributed by atoms with E-state index in [1.54, 1.807) is 55.5 Å². The summed E-state index contributed by atoms with van der Waals surface area (Å²) in [4.78, 5) is 53.1. The summed E-state index contributed by atoms with van der Waals surface area (Å²) in [5.41, 5.74) is 2.45. The van der Waals surface area contributed by atoms with Crippen LogP contribution in [-0.4, -0.2) is 41.2 Å². The predicted octanol–water partition coefficient (Wildman–Crippen LogP) is 7.91. The number of ether oxygens (including phenoxy) is 1. The standard InChI is InChI=1S/C35H36N2O6S2/c1-5-43-34(42)30-24-16-15-21(35(2,3)4)17-27(24)45-32(30)37-28(38)19-44-23-12-8-11-22(18-23)36-31(39)25-13-6-9-20-10-7-14-26(29(20)25)33(40)41/h6-14,18,21H,5,15-17,19H2,1-4H3,(H,36,39)(H,37,38)(H,40,41). The molecule has 1 aliphatic carbocycles. The van der Waals surface area contributed by atoms with E-state index in [1.807, 2.05) is 6.07 Å². The van der Waals surface area contributed by atoms with Crippen molar-refractivity contribution in [3.63, 3.8) is 0 Å². The van der Waals surface area contributed by atoms with Crippen LogP contribution in [0.2, 0.25) is 0 Å². The Balaban J connectivity index is 1.28. The Morgan fingerprint density at radius 3 is 2.40 bits per heavy atom. The zero-order chi connectivity index (χ0) is 32.3. The molecule has 0 saturated heterocycles. The van der Waals surface area contributed by atoms with Crippen molar-refractivity contribution in [3.05, 3.63) is 87.8 Å². The number of carboxylic acid groups (broad SMARTS) is 1. The van der Waals surface area contributed by atoms with E-state index < -0.39 is 17.8 Å². The first kappa shape index (κ1) is 32.2. The van der Waals surface area contributed by atoms with Crippen LogP contribution in [0.5, 0.6) is 0 Å². The van der Waals surface area contributed by atoms with Gasteiger partial charge in [-0.15, -0.1) is 23.1 Å². The largest absolute Gasteiger partial charge is 0.478 e. The maximum atomic E-state index is 13.3. The highest BCUT2D eigenvalue weighted by atomic mass is 32.2. The molecule has 1 aromatic heterocycles. The van der Waals surface area contributed by atoms with Crippen LogP contribution in [0.4, 0.5) is 10.7 Å². The fourth-order valence-corrected chi connectivity index (χ4v) is 7.80. The van der Waals surface area contributed by atoms with Gasteiger partial charge in [0.25, 0.3) is 5.91 Å². The molecule has 0 saturated carbocycles. The van der Waals surface area contributed by atoms with Gasteiger partial charge in [-0.1, -0.05) is 51.1 Å². The molecule has 1 unspecified atom stereocenters. The number of aromatic carboxylic acids is 1. The molecule has 3 aromatic carbocycles. The highest BCUT2D eigenvalue weighted by Gasteiger charge is 2.34. The Kier molecular flexibility index (Phi) is 9.65. The number of carboxylic acids is 1. The first-order valence-corrected chi connectivity index (χ1v) is 16.7. The fraction of sp³-hybridized carbons (Fsp3) is 0.314. The van der Waals surface area contributed by atoms with Crippen LogP contribution in [-0.2, 0) is 22.4 Å². The minimum absolute atomic E-state index is 0.0558. The van der Waals surface area contributed by atoms with Gasteiger partial charge in [-0.05, 0) is 78.8 Å². The van der Waals surface area contributed by atoms with Gasteiger partial charge in [0.1, 0.15) is 5.00 Å². The summed E-state index contributed by atoms with van der Waals surface area (Å²) in [5.74, 6) is -1.61. The van der Waals surface area contributed by atoms with Crippen LogP contribution in [0.15, 0.2) is 65.6 Å². The third kappa shape index (κ3) is 7.23. The predicted molar refractivity (Wildman–Crippen MR) is 180 cm³/mol. The quantitative estimate of drug-likeness (QED) is 0.125. The van der Waals surface area contributed by atoms with Gasteiger partial charge < -0.3 is 20.5 Å². The zero-order valence-electron chi connectivity index (χ0n) is 25.7. The van der Waals surface area contributed by atoms with Crippen LogP contribution in [0.3, 0.4) is 0 Å². The SMILES string of the molecule is CCOC(=O)c1c(NC(=O)CSc2cccc(NC(=O)c3cccc4cccc(C(=O)O)c34)c2)sc2c1CCC(C(C)(C)C)C2. The minimum atomic E-state index is -1.11. The second-order valence-corrected chi connectivity index (χ2v) is 14.2. The fourth-order valence-electron chi connectivity index (χ4n) is 5.71. The van der Waals surface area contributed by atoms with Crippen molar-refractivity contribution < 1.29 is 29.0 Å². The summed E-state index contributed by atoms with van der Waals surface area (Å²) in [6.07, 6.45) is 2.63. The number of thiophene rings is 1. The second-order valence-electron chi connectivity index (χ2n) is 12.1. The Morgan fingerprint density at radius 2 is 1.71 bits per heavy atom. The molecule has 8 nitrogen and oxygen atoms in total. The van der Waals surface area contributed by atoms with Crippen molar-refractivity contribution in [1.29, 1.82) is 0 Å². The van der Waals surface area contributed by atoms with Crippen molar-refractivity contribution >= 4 is 68.3 Å². The van der Waals surface area contributed by atoms with E-state index in [0.717, 1.165) is 34.6 Å². The third-order valence-electron chi connectivity index (χ3n) is 8.06. The molecule has 2 amide bonds. The summed E-state index contributed by atoms with van der Waals surface area (Å²) >= 11 is 2.77. The number of carbonyl (C=O) groups is 4. The molecular formula is C35H36N2O6S2. The average molecular weight is 645 g/mol. The van der Waals surface area contributed by atoms with Crippen LogP contribution in [0.25, 0.3) is 10.8 Å².